The predicted molar refractivity (Wildman–Crippen MR) is 63.7 cm³/mol. The minimum atomic E-state index is -0.102. The highest BCUT2D eigenvalue weighted by Crippen LogP contribution is 2.13. The van der Waals surface area contributed by atoms with Crippen LogP contribution in [0.15, 0.2) is 23.0 Å². The van der Waals surface area contributed by atoms with Crippen LogP contribution >= 0.6 is 11.6 Å². The molecule has 1 heterocycles. The zero-order valence-corrected chi connectivity index (χ0v) is 9.74. The lowest BCUT2D eigenvalue weighted by Gasteiger charge is -2.03. The Morgan fingerprint density at radius 2 is 2.25 bits per heavy atom. The van der Waals surface area contributed by atoms with E-state index in [-0.39, 0.29) is 5.56 Å². The SMILES string of the molecule is CCCCn1nnc2cc(Cl)ccc2c1=O. The second kappa shape index (κ2) is 4.61. The molecule has 0 aliphatic rings. The molecule has 0 aliphatic heterocycles. The number of hydrogen-bond acceptors (Lipinski definition) is 3. The van der Waals surface area contributed by atoms with Crippen LogP contribution in [0, 0.1) is 0 Å². The van der Waals surface area contributed by atoms with E-state index in [0.29, 0.717) is 22.5 Å². The molecule has 16 heavy (non-hydrogen) atoms. The van der Waals surface area contributed by atoms with Crippen LogP contribution in [0.3, 0.4) is 0 Å². The van der Waals surface area contributed by atoms with Crippen molar-refractivity contribution >= 4 is 22.5 Å². The Balaban J connectivity index is 2.53. The summed E-state index contributed by atoms with van der Waals surface area (Å²) in [6, 6.07) is 5.03. The standard InChI is InChI=1S/C11H12ClN3O/c1-2-3-6-15-11(16)9-5-4-8(12)7-10(9)13-14-15/h4-5,7H,2-3,6H2,1H3. The third-order valence-electron chi connectivity index (χ3n) is 2.41. The maximum atomic E-state index is 12.0. The number of nitrogens with zero attached hydrogens (tertiary/aromatic N) is 3. The van der Waals surface area contributed by atoms with Crippen LogP contribution in [0.1, 0.15) is 19.8 Å². The highest BCUT2D eigenvalue weighted by Gasteiger charge is 2.05. The second-order valence-corrected chi connectivity index (χ2v) is 4.07. The molecule has 0 saturated carbocycles. The van der Waals surface area contributed by atoms with E-state index >= 15 is 0 Å². The van der Waals surface area contributed by atoms with Crippen molar-refractivity contribution in [1.82, 2.24) is 15.0 Å². The van der Waals surface area contributed by atoms with E-state index < -0.39 is 0 Å². The third-order valence-corrected chi connectivity index (χ3v) is 2.64. The summed E-state index contributed by atoms with van der Waals surface area (Å²) in [5.41, 5.74) is 0.445. The fourth-order valence-corrected chi connectivity index (χ4v) is 1.67. The molecule has 1 aromatic heterocycles. The number of unbranched alkanes of at least 4 members (excludes halogenated alkanes) is 1. The summed E-state index contributed by atoms with van der Waals surface area (Å²) in [4.78, 5) is 12.0. The number of aryl methyl sites for hydroxylation is 1. The monoisotopic (exact) mass is 237 g/mol. The van der Waals surface area contributed by atoms with E-state index in [2.05, 4.69) is 17.2 Å². The number of benzene rings is 1. The Morgan fingerprint density at radius 3 is 3.00 bits per heavy atom. The molecule has 0 saturated heterocycles. The summed E-state index contributed by atoms with van der Waals surface area (Å²) in [5.74, 6) is 0. The van der Waals surface area contributed by atoms with Crippen molar-refractivity contribution in [2.45, 2.75) is 26.3 Å². The lowest BCUT2D eigenvalue weighted by Crippen LogP contribution is -2.24. The number of halogens is 1. The van der Waals surface area contributed by atoms with E-state index in [1.807, 2.05) is 0 Å². The Morgan fingerprint density at radius 1 is 1.44 bits per heavy atom. The van der Waals surface area contributed by atoms with Gasteiger partial charge in [0.25, 0.3) is 5.56 Å². The molecule has 2 aromatic rings. The number of fused-ring (bicyclic) bond motifs is 1. The minimum Gasteiger partial charge on any atom is -0.267 e. The molecule has 0 aliphatic carbocycles. The highest BCUT2D eigenvalue weighted by atomic mass is 35.5. The lowest BCUT2D eigenvalue weighted by atomic mass is 10.2. The first-order chi connectivity index (χ1) is 7.72. The summed E-state index contributed by atoms with van der Waals surface area (Å²) in [6.07, 6.45) is 1.94. The number of rotatable bonds is 3. The van der Waals surface area contributed by atoms with Crippen molar-refractivity contribution in [3.63, 3.8) is 0 Å². The molecule has 0 bridgehead atoms. The van der Waals surface area contributed by atoms with Crippen molar-refractivity contribution in [3.8, 4) is 0 Å². The fourth-order valence-electron chi connectivity index (χ4n) is 1.50. The average Bonchev–Trinajstić information content (AvgIpc) is 2.28. The summed E-state index contributed by atoms with van der Waals surface area (Å²) in [7, 11) is 0. The first kappa shape index (κ1) is 11.1. The average molecular weight is 238 g/mol. The van der Waals surface area contributed by atoms with E-state index in [4.69, 9.17) is 11.6 Å². The highest BCUT2D eigenvalue weighted by molar-refractivity contribution is 6.31. The van der Waals surface area contributed by atoms with E-state index in [9.17, 15) is 4.79 Å². The smallest absolute Gasteiger partial charge is 0.267 e. The summed E-state index contributed by atoms with van der Waals surface area (Å²) in [6.45, 7) is 2.68. The fraction of sp³-hybridized carbons (Fsp3) is 0.364. The van der Waals surface area contributed by atoms with Crippen molar-refractivity contribution in [3.05, 3.63) is 33.6 Å². The van der Waals surface area contributed by atoms with E-state index in [1.165, 1.54) is 4.68 Å². The van der Waals surface area contributed by atoms with Crippen molar-refractivity contribution in [2.24, 2.45) is 0 Å². The van der Waals surface area contributed by atoms with Crippen molar-refractivity contribution in [2.75, 3.05) is 0 Å². The largest absolute Gasteiger partial charge is 0.277 e. The Bertz CT molecular complexity index is 565. The topological polar surface area (TPSA) is 47.8 Å². The molecule has 0 N–H and O–H groups in total. The molecule has 0 spiro atoms. The summed E-state index contributed by atoms with van der Waals surface area (Å²) >= 11 is 5.82. The van der Waals surface area contributed by atoms with Gasteiger partial charge in [0.1, 0.15) is 5.52 Å². The number of hydrogen-bond donors (Lipinski definition) is 0. The Kier molecular flexibility index (Phi) is 3.19. The van der Waals surface area contributed by atoms with Gasteiger partial charge in [0, 0.05) is 11.6 Å². The zero-order valence-electron chi connectivity index (χ0n) is 8.98. The molecule has 0 amide bonds. The van der Waals surface area contributed by atoms with Crippen LogP contribution in [-0.2, 0) is 6.54 Å². The van der Waals surface area contributed by atoms with E-state index in [0.717, 1.165) is 12.8 Å². The van der Waals surface area contributed by atoms with Crippen LogP contribution < -0.4 is 5.56 Å². The van der Waals surface area contributed by atoms with Crippen molar-refractivity contribution in [1.29, 1.82) is 0 Å². The molecule has 0 unspecified atom stereocenters. The van der Waals surface area contributed by atoms with Gasteiger partial charge in [-0.3, -0.25) is 4.79 Å². The molecule has 0 fully saturated rings. The van der Waals surface area contributed by atoms with Gasteiger partial charge in [-0.05, 0) is 24.6 Å². The molecule has 5 heteroatoms. The van der Waals surface area contributed by atoms with Crippen LogP contribution in [0.5, 0.6) is 0 Å². The molecular formula is C11H12ClN3O. The Hall–Kier alpha value is -1.42. The number of aromatic nitrogens is 3. The zero-order chi connectivity index (χ0) is 11.5. The molecule has 0 radical (unpaired) electrons. The van der Waals surface area contributed by atoms with Gasteiger partial charge < -0.3 is 0 Å². The first-order valence-electron chi connectivity index (χ1n) is 5.25. The van der Waals surface area contributed by atoms with Gasteiger partial charge in [0.2, 0.25) is 0 Å². The predicted octanol–water partition coefficient (Wildman–Crippen LogP) is 2.25. The maximum Gasteiger partial charge on any atom is 0.277 e. The second-order valence-electron chi connectivity index (χ2n) is 3.63. The first-order valence-corrected chi connectivity index (χ1v) is 5.63. The van der Waals surface area contributed by atoms with Gasteiger partial charge in [-0.25, -0.2) is 4.68 Å². The Labute approximate surface area is 97.8 Å². The van der Waals surface area contributed by atoms with Gasteiger partial charge in [-0.15, -0.1) is 5.10 Å². The third kappa shape index (κ3) is 2.07. The summed E-state index contributed by atoms with van der Waals surface area (Å²) in [5, 5.41) is 8.99. The van der Waals surface area contributed by atoms with Gasteiger partial charge in [-0.1, -0.05) is 30.2 Å². The van der Waals surface area contributed by atoms with Crippen LogP contribution in [-0.4, -0.2) is 15.0 Å². The van der Waals surface area contributed by atoms with Crippen LogP contribution in [0.25, 0.3) is 10.9 Å². The van der Waals surface area contributed by atoms with Crippen LogP contribution in [0.2, 0.25) is 5.02 Å². The molecule has 84 valence electrons. The molecule has 0 atom stereocenters. The molecule has 4 nitrogen and oxygen atoms in total. The van der Waals surface area contributed by atoms with Gasteiger partial charge >= 0.3 is 0 Å². The van der Waals surface area contributed by atoms with Gasteiger partial charge in [0.05, 0.1) is 5.39 Å². The quantitative estimate of drug-likeness (QED) is 0.823. The van der Waals surface area contributed by atoms with Crippen molar-refractivity contribution < 1.29 is 0 Å². The van der Waals surface area contributed by atoms with E-state index in [1.54, 1.807) is 18.2 Å². The molecule has 1 aromatic carbocycles. The molecular weight excluding hydrogens is 226 g/mol. The lowest BCUT2D eigenvalue weighted by molar-refractivity contribution is 0.520. The molecule has 2 rings (SSSR count). The normalized spacial score (nSPS) is 10.9. The minimum absolute atomic E-state index is 0.102. The summed E-state index contributed by atoms with van der Waals surface area (Å²) < 4.78 is 1.40. The van der Waals surface area contributed by atoms with Crippen LogP contribution in [0.4, 0.5) is 0 Å². The maximum absolute atomic E-state index is 12.0. The van der Waals surface area contributed by atoms with Gasteiger partial charge in [-0.2, -0.15) is 0 Å². The van der Waals surface area contributed by atoms with Gasteiger partial charge in [0.15, 0.2) is 0 Å².